The van der Waals surface area contributed by atoms with Gasteiger partial charge in [-0.25, -0.2) is 14.4 Å². The second kappa shape index (κ2) is 13.2. The van der Waals surface area contributed by atoms with Crippen molar-refractivity contribution in [2.45, 2.75) is 95.9 Å². The maximum absolute atomic E-state index is 12.8. The number of carbonyl (C=O) groups is 3. The van der Waals surface area contributed by atoms with Crippen LogP contribution in [0.4, 0.5) is 15.4 Å². The molecular weight excluding hydrogens is 526 g/mol. The van der Waals surface area contributed by atoms with Gasteiger partial charge in [-0.1, -0.05) is 18.2 Å². The van der Waals surface area contributed by atoms with Crippen molar-refractivity contribution < 1.29 is 24.2 Å². The minimum atomic E-state index is -0.913. The van der Waals surface area contributed by atoms with Crippen LogP contribution in [0.15, 0.2) is 47.4 Å². The Bertz CT molecular complexity index is 1260. The van der Waals surface area contributed by atoms with Gasteiger partial charge >= 0.3 is 17.9 Å². The van der Waals surface area contributed by atoms with Gasteiger partial charge in [0.15, 0.2) is 0 Å². The van der Waals surface area contributed by atoms with Crippen molar-refractivity contribution in [1.82, 2.24) is 19.8 Å². The summed E-state index contributed by atoms with van der Waals surface area (Å²) >= 11 is 0. The van der Waals surface area contributed by atoms with Crippen molar-refractivity contribution in [2.75, 3.05) is 11.9 Å². The van der Waals surface area contributed by atoms with E-state index >= 15 is 0 Å². The number of carbonyl (C=O) groups excluding carboxylic acids is 2. The lowest BCUT2D eigenvalue weighted by Crippen LogP contribution is -2.48. The van der Waals surface area contributed by atoms with E-state index in [1.54, 1.807) is 46.0 Å². The highest BCUT2D eigenvalue weighted by molar-refractivity contribution is 6.03. The summed E-state index contributed by atoms with van der Waals surface area (Å²) in [6, 6.07) is 10.3. The molecule has 2 saturated carbocycles. The zero-order valence-electron chi connectivity index (χ0n) is 24.0. The normalized spacial score (nSPS) is 22.8. The Morgan fingerprint density at radius 3 is 2.24 bits per heavy atom. The number of benzene rings is 1. The molecule has 11 nitrogen and oxygen atoms in total. The fourth-order valence-corrected chi connectivity index (χ4v) is 5.81. The van der Waals surface area contributed by atoms with Gasteiger partial charge in [0.1, 0.15) is 11.4 Å². The topological polar surface area (TPSA) is 143 Å². The Balaban J connectivity index is 1.26. The van der Waals surface area contributed by atoms with Crippen LogP contribution in [0.2, 0.25) is 0 Å². The molecule has 41 heavy (non-hydrogen) atoms. The highest BCUT2D eigenvalue weighted by Crippen LogP contribution is 2.33. The Morgan fingerprint density at radius 2 is 1.66 bits per heavy atom. The Labute approximate surface area is 240 Å². The van der Waals surface area contributed by atoms with Crippen LogP contribution in [0.25, 0.3) is 0 Å². The predicted octanol–water partition coefficient (Wildman–Crippen LogP) is 5.04. The van der Waals surface area contributed by atoms with E-state index in [2.05, 4.69) is 15.6 Å². The molecule has 0 aliphatic heterocycles. The smallest absolute Gasteiger partial charge is 0.407 e. The number of carboxylic acid groups (broad SMARTS) is 1. The molecule has 1 aromatic heterocycles. The van der Waals surface area contributed by atoms with Crippen LogP contribution in [0.3, 0.4) is 0 Å². The van der Waals surface area contributed by atoms with Crippen molar-refractivity contribution in [2.24, 2.45) is 5.92 Å². The van der Waals surface area contributed by atoms with Crippen LogP contribution in [0.1, 0.15) is 88.5 Å². The zero-order chi connectivity index (χ0) is 29.6. The maximum atomic E-state index is 12.8. The van der Waals surface area contributed by atoms with Crippen LogP contribution >= 0.6 is 0 Å². The molecule has 0 spiro atoms. The second-order valence-electron chi connectivity index (χ2n) is 12.1. The Hall–Kier alpha value is -3.89. The first kappa shape index (κ1) is 30.1. The van der Waals surface area contributed by atoms with Crippen LogP contribution in [0.5, 0.6) is 0 Å². The lowest BCUT2D eigenvalue weighted by Gasteiger charge is -2.39. The molecule has 222 valence electrons. The van der Waals surface area contributed by atoms with E-state index in [1.165, 1.54) is 0 Å². The number of hydrogen-bond acceptors (Lipinski definition) is 6. The quantitative estimate of drug-likeness (QED) is 0.425. The molecule has 0 unspecified atom stereocenters. The van der Waals surface area contributed by atoms with Crippen molar-refractivity contribution in [3.05, 3.63) is 58.6 Å². The van der Waals surface area contributed by atoms with E-state index in [1.807, 2.05) is 26.8 Å². The lowest BCUT2D eigenvalue weighted by molar-refractivity contribution is 0.0466. The summed E-state index contributed by atoms with van der Waals surface area (Å²) in [5, 5.41) is 15.6. The number of hydrogen-bond donors (Lipinski definition) is 3. The third-order valence-electron chi connectivity index (χ3n) is 7.88. The summed E-state index contributed by atoms with van der Waals surface area (Å²) < 4.78 is 6.96. The number of amides is 3. The monoisotopic (exact) mass is 567 g/mol. The summed E-state index contributed by atoms with van der Waals surface area (Å²) in [5.74, 6) is 0.0986. The van der Waals surface area contributed by atoms with E-state index in [-0.39, 0.29) is 35.8 Å². The molecule has 0 saturated heterocycles. The van der Waals surface area contributed by atoms with Crippen molar-refractivity contribution in [3.63, 3.8) is 0 Å². The zero-order valence-corrected chi connectivity index (χ0v) is 24.0. The van der Waals surface area contributed by atoms with E-state index in [4.69, 9.17) is 4.74 Å². The van der Waals surface area contributed by atoms with Gasteiger partial charge in [0, 0.05) is 36.4 Å². The highest BCUT2D eigenvalue weighted by Gasteiger charge is 2.33. The molecule has 4 rings (SSSR count). The van der Waals surface area contributed by atoms with Crippen molar-refractivity contribution in [3.8, 4) is 0 Å². The average molecular weight is 568 g/mol. The number of ether oxygens (including phenoxy) is 1. The molecule has 2 aliphatic rings. The van der Waals surface area contributed by atoms with Gasteiger partial charge in [0.05, 0.1) is 0 Å². The summed E-state index contributed by atoms with van der Waals surface area (Å²) in [6.45, 7) is 5.93. The maximum Gasteiger partial charge on any atom is 0.407 e. The molecule has 2 fully saturated rings. The second-order valence-corrected chi connectivity index (χ2v) is 12.1. The van der Waals surface area contributed by atoms with E-state index < -0.39 is 23.5 Å². The largest absolute Gasteiger partial charge is 0.465 e. The predicted molar refractivity (Wildman–Crippen MR) is 154 cm³/mol. The van der Waals surface area contributed by atoms with Crippen LogP contribution < -0.4 is 16.3 Å². The van der Waals surface area contributed by atoms with E-state index in [9.17, 15) is 24.3 Å². The van der Waals surface area contributed by atoms with Crippen LogP contribution in [-0.2, 0) is 4.74 Å². The minimum absolute atomic E-state index is 0.0160. The summed E-state index contributed by atoms with van der Waals surface area (Å²) in [6.07, 6.45) is 6.24. The molecule has 0 atom stereocenters. The Morgan fingerprint density at radius 1 is 1.00 bits per heavy atom. The summed E-state index contributed by atoms with van der Waals surface area (Å²) in [4.78, 5) is 55.0. The van der Waals surface area contributed by atoms with Crippen molar-refractivity contribution in [1.29, 1.82) is 0 Å². The van der Waals surface area contributed by atoms with Crippen LogP contribution in [0, 0.1) is 5.92 Å². The summed E-state index contributed by atoms with van der Waals surface area (Å²) in [7, 11) is 0. The third-order valence-corrected chi connectivity index (χ3v) is 7.88. The number of rotatable bonds is 7. The SMILES string of the molecule is CC(C)(C)OC(=O)N[C@H]1CC[C@H](N(C[C@H]2CC[C@H](n3ccc(NC(=O)c4ccccc4)nc3=O)CC2)C(=O)O)CC1. The van der Waals surface area contributed by atoms with Crippen molar-refractivity contribution >= 4 is 23.9 Å². The molecule has 3 amide bonds. The van der Waals surface area contributed by atoms with Gasteiger partial charge < -0.3 is 25.4 Å². The standard InChI is InChI=1S/C30H41N5O6/c1-30(2,3)41-28(38)31-22-11-15-24(16-12-22)35(29(39)40)19-20-9-13-23(14-10-20)34-18-17-25(33-27(34)37)32-26(36)21-7-5-4-6-8-21/h4-8,17-18,20,22-24H,9-16,19H2,1-3H3,(H,31,38)(H,39,40)(H,32,33,36,37)/t20-,22-,23-,24-. The van der Waals surface area contributed by atoms with E-state index in [0.29, 0.717) is 37.8 Å². The van der Waals surface area contributed by atoms with Gasteiger partial charge in [0.2, 0.25) is 0 Å². The fourth-order valence-electron chi connectivity index (χ4n) is 5.81. The fraction of sp³-hybridized carbons (Fsp3) is 0.567. The third kappa shape index (κ3) is 8.55. The molecule has 0 bridgehead atoms. The average Bonchev–Trinajstić information content (AvgIpc) is 2.92. The molecule has 1 aromatic carbocycles. The molecule has 1 heterocycles. The molecular formula is C30H41N5O6. The number of aromatic nitrogens is 2. The first-order valence-electron chi connectivity index (χ1n) is 14.4. The lowest BCUT2D eigenvalue weighted by atomic mass is 9.84. The molecule has 0 radical (unpaired) electrons. The number of nitrogens with zero attached hydrogens (tertiary/aromatic N) is 3. The number of nitrogens with one attached hydrogen (secondary N) is 2. The molecule has 11 heteroatoms. The van der Waals surface area contributed by atoms with Gasteiger partial charge in [-0.2, -0.15) is 4.98 Å². The summed E-state index contributed by atoms with van der Waals surface area (Å²) in [5.41, 5.74) is -0.491. The van der Waals surface area contributed by atoms with Gasteiger partial charge in [0.25, 0.3) is 5.91 Å². The molecule has 3 N–H and O–H groups in total. The Kier molecular flexibility index (Phi) is 9.67. The first-order valence-corrected chi connectivity index (χ1v) is 14.4. The number of alkyl carbamates (subject to hydrolysis) is 1. The van der Waals surface area contributed by atoms with Gasteiger partial charge in [-0.15, -0.1) is 0 Å². The molecule has 2 aromatic rings. The molecule has 2 aliphatic carbocycles. The van der Waals surface area contributed by atoms with Gasteiger partial charge in [-0.05, 0) is 96.3 Å². The van der Waals surface area contributed by atoms with E-state index in [0.717, 1.165) is 25.7 Å². The first-order chi connectivity index (χ1) is 19.5. The van der Waals surface area contributed by atoms with Crippen LogP contribution in [-0.4, -0.2) is 61.9 Å². The number of anilines is 1. The van der Waals surface area contributed by atoms with Gasteiger partial charge in [-0.3, -0.25) is 9.36 Å². The minimum Gasteiger partial charge on any atom is -0.465 e. The highest BCUT2D eigenvalue weighted by atomic mass is 16.6.